The Morgan fingerprint density at radius 2 is 1.50 bits per heavy atom. The molecule has 0 bridgehead atoms. The molecule has 1 heterocycles. The molecule has 0 radical (unpaired) electrons. The van der Waals surface area contributed by atoms with E-state index in [9.17, 15) is 9.59 Å². The lowest BCUT2D eigenvalue weighted by Crippen LogP contribution is -2.54. The Hall–Kier alpha value is -3.14. The molecule has 2 N–H and O–H groups in total. The monoisotopic (exact) mass is 610 g/mol. The molecule has 0 aliphatic heterocycles. The molecule has 3 unspecified atom stereocenters. The van der Waals surface area contributed by atoms with Gasteiger partial charge in [0.15, 0.2) is 11.9 Å². The number of ether oxygens (including phenoxy) is 2. The predicted octanol–water partition coefficient (Wildman–Crippen LogP) is 5.42. The highest BCUT2D eigenvalue weighted by Crippen LogP contribution is 2.29. The molecule has 1 aromatic heterocycles. The fraction of sp³-hybridized carbons (Fsp3) is 0.419. The minimum atomic E-state index is -1.07. The smallest absolute Gasteiger partial charge is 0.332 e. The first-order valence-electron chi connectivity index (χ1n) is 13.3. The highest BCUT2D eigenvalue weighted by atomic mass is 79.9. The lowest BCUT2D eigenvalue weighted by molar-refractivity contribution is -0.168. The van der Waals surface area contributed by atoms with E-state index in [-0.39, 0.29) is 5.91 Å². The van der Waals surface area contributed by atoms with Gasteiger partial charge in [-0.25, -0.2) is 14.8 Å². The maximum absolute atomic E-state index is 13.6. The number of hydrogen-bond donors (Lipinski definition) is 2. The summed E-state index contributed by atoms with van der Waals surface area (Å²) in [5, 5.41) is 6.04. The van der Waals surface area contributed by atoms with Crippen LogP contribution in [0.15, 0.2) is 71.5 Å². The van der Waals surface area contributed by atoms with Crippen LogP contribution in [0.2, 0.25) is 0 Å². The van der Waals surface area contributed by atoms with Gasteiger partial charge in [-0.05, 0) is 82.1 Å². The number of nitrogens with zero attached hydrogens (tertiary/aromatic N) is 2. The zero-order valence-corrected chi connectivity index (χ0v) is 25.8. The molecule has 3 rings (SSSR count). The van der Waals surface area contributed by atoms with Crippen LogP contribution >= 0.6 is 15.9 Å². The van der Waals surface area contributed by atoms with Gasteiger partial charge in [0.05, 0.1) is 16.1 Å². The Kier molecular flexibility index (Phi) is 10.6. The van der Waals surface area contributed by atoms with Crippen LogP contribution in [0.25, 0.3) is 11.4 Å². The molecule has 40 heavy (non-hydrogen) atoms. The van der Waals surface area contributed by atoms with Gasteiger partial charge >= 0.3 is 5.97 Å². The van der Waals surface area contributed by atoms with Crippen LogP contribution in [0, 0.1) is 0 Å². The summed E-state index contributed by atoms with van der Waals surface area (Å²) in [6.45, 7) is 11.1. The number of carbonyl (C=O) groups is 2. The van der Waals surface area contributed by atoms with Crippen LogP contribution in [0.1, 0.15) is 58.8 Å². The summed E-state index contributed by atoms with van der Waals surface area (Å²) in [6, 6.07) is 15.5. The first kappa shape index (κ1) is 31.4. The molecule has 3 aromatic rings. The second-order valence-electron chi connectivity index (χ2n) is 11.5. The lowest BCUT2D eigenvalue weighted by atomic mass is 9.98. The number of amides is 1. The Labute approximate surface area is 245 Å². The van der Waals surface area contributed by atoms with Gasteiger partial charge in [-0.1, -0.05) is 54.6 Å². The van der Waals surface area contributed by atoms with Crippen LogP contribution in [-0.2, 0) is 25.5 Å². The quantitative estimate of drug-likeness (QED) is 0.295. The highest BCUT2D eigenvalue weighted by Gasteiger charge is 2.38. The largest absolute Gasteiger partial charge is 0.458 e. The van der Waals surface area contributed by atoms with Gasteiger partial charge in [-0.3, -0.25) is 4.79 Å². The predicted molar refractivity (Wildman–Crippen MR) is 160 cm³/mol. The van der Waals surface area contributed by atoms with E-state index in [4.69, 9.17) is 9.47 Å². The molecule has 0 saturated carbocycles. The average Bonchev–Trinajstić information content (AvgIpc) is 2.89. The van der Waals surface area contributed by atoms with Crippen molar-refractivity contribution in [1.29, 1.82) is 0 Å². The van der Waals surface area contributed by atoms with Crippen LogP contribution in [0.5, 0.6) is 0 Å². The van der Waals surface area contributed by atoms with Gasteiger partial charge in [0.2, 0.25) is 5.91 Å². The maximum atomic E-state index is 13.6. The van der Waals surface area contributed by atoms with Gasteiger partial charge in [-0.15, -0.1) is 0 Å². The Morgan fingerprint density at radius 3 is 2.02 bits per heavy atom. The summed E-state index contributed by atoms with van der Waals surface area (Å²) in [4.78, 5) is 35.8. The SMILES string of the molecule is CNC(Cc1ccc(-c2ncc(Br)cn2)cc1)C(=O)NC(C(=O)OC(C)(C)C)C(OC(C)(C)C)c1ccccc1. The molecular formula is C31H39BrN4O4. The third-order valence-corrected chi connectivity index (χ3v) is 6.22. The van der Waals surface area contributed by atoms with E-state index in [0.717, 1.165) is 21.2 Å². The Balaban J connectivity index is 1.85. The molecular weight excluding hydrogens is 572 g/mol. The molecule has 0 fully saturated rings. The molecule has 3 atom stereocenters. The highest BCUT2D eigenvalue weighted by molar-refractivity contribution is 9.10. The Morgan fingerprint density at radius 1 is 0.900 bits per heavy atom. The van der Waals surface area contributed by atoms with Crippen LogP contribution in [0.3, 0.4) is 0 Å². The summed E-state index contributed by atoms with van der Waals surface area (Å²) in [5.74, 6) is -0.284. The summed E-state index contributed by atoms with van der Waals surface area (Å²) < 4.78 is 12.9. The number of hydrogen-bond acceptors (Lipinski definition) is 7. The number of rotatable bonds is 10. The van der Waals surface area contributed by atoms with Gasteiger partial charge in [0.25, 0.3) is 0 Å². The third-order valence-electron chi connectivity index (χ3n) is 5.81. The number of halogens is 1. The molecule has 2 aromatic carbocycles. The van der Waals surface area contributed by atoms with Crippen molar-refractivity contribution in [2.45, 2.75) is 77.4 Å². The molecule has 1 amide bonds. The normalized spacial score (nSPS) is 14.2. The zero-order valence-electron chi connectivity index (χ0n) is 24.2. The van der Waals surface area contributed by atoms with Crippen LogP contribution in [-0.4, -0.2) is 52.2 Å². The minimum absolute atomic E-state index is 0.336. The van der Waals surface area contributed by atoms with Crippen molar-refractivity contribution < 1.29 is 19.1 Å². The van der Waals surface area contributed by atoms with Gasteiger partial charge in [-0.2, -0.15) is 0 Å². The first-order valence-corrected chi connectivity index (χ1v) is 14.0. The molecule has 0 aliphatic carbocycles. The average molecular weight is 612 g/mol. The van der Waals surface area contributed by atoms with E-state index in [1.165, 1.54) is 0 Å². The van der Waals surface area contributed by atoms with Gasteiger partial charge < -0.3 is 20.1 Å². The Bertz CT molecular complexity index is 1250. The summed E-state index contributed by atoms with van der Waals surface area (Å²) in [5.41, 5.74) is 1.24. The lowest BCUT2D eigenvalue weighted by Gasteiger charge is -2.35. The number of aromatic nitrogens is 2. The molecule has 8 nitrogen and oxygen atoms in total. The van der Waals surface area contributed by atoms with E-state index in [2.05, 4.69) is 36.5 Å². The van der Waals surface area contributed by atoms with Gasteiger partial charge in [0.1, 0.15) is 11.7 Å². The number of nitrogens with one attached hydrogen (secondary N) is 2. The van der Waals surface area contributed by atoms with Crippen molar-refractivity contribution >= 4 is 27.8 Å². The fourth-order valence-electron chi connectivity index (χ4n) is 4.04. The molecule has 0 spiro atoms. The number of esters is 1. The maximum Gasteiger partial charge on any atom is 0.332 e. The van der Waals surface area contributed by atoms with E-state index >= 15 is 0 Å². The topological polar surface area (TPSA) is 102 Å². The number of benzene rings is 2. The molecule has 0 saturated heterocycles. The summed E-state index contributed by atoms with van der Waals surface area (Å²) in [6.07, 6.45) is 3.04. The van der Waals surface area contributed by atoms with E-state index in [1.807, 2.05) is 75.4 Å². The molecule has 0 aliphatic rings. The minimum Gasteiger partial charge on any atom is -0.458 e. The second kappa shape index (κ2) is 13.5. The van der Waals surface area contributed by atoms with Crippen LogP contribution in [0.4, 0.5) is 0 Å². The standard InChI is InChI=1S/C31H39BrN4O4/c1-30(2,3)39-26(21-11-9-8-10-12-21)25(29(38)40-31(4,5)6)36-28(37)24(33-7)17-20-13-15-22(16-14-20)27-34-18-23(32)19-35-27/h8-16,18-19,24-26,33H,17H2,1-7H3,(H,36,37). The zero-order chi connectivity index (χ0) is 29.5. The molecule has 214 valence electrons. The van der Waals surface area contributed by atoms with Crippen molar-refractivity contribution in [1.82, 2.24) is 20.6 Å². The van der Waals surface area contributed by atoms with Crippen molar-refractivity contribution in [3.63, 3.8) is 0 Å². The van der Waals surface area contributed by atoms with E-state index < -0.39 is 35.4 Å². The first-order chi connectivity index (χ1) is 18.8. The van der Waals surface area contributed by atoms with Crippen molar-refractivity contribution in [2.24, 2.45) is 0 Å². The summed E-state index contributed by atoms with van der Waals surface area (Å²) >= 11 is 3.35. The van der Waals surface area contributed by atoms with Crippen molar-refractivity contribution in [2.75, 3.05) is 7.05 Å². The van der Waals surface area contributed by atoms with E-state index in [0.29, 0.717) is 12.2 Å². The second-order valence-corrected chi connectivity index (χ2v) is 12.5. The van der Waals surface area contributed by atoms with Gasteiger partial charge in [0, 0.05) is 18.0 Å². The van der Waals surface area contributed by atoms with Crippen molar-refractivity contribution in [3.05, 3.63) is 82.6 Å². The van der Waals surface area contributed by atoms with Crippen molar-refractivity contribution in [3.8, 4) is 11.4 Å². The number of likely N-dealkylation sites (N-methyl/N-ethyl adjacent to an activating group) is 1. The summed E-state index contributed by atoms with van der Waals surface area (Å²) in [7, 11) is 1.72. The molecule has 9 heteroatoms. The van der Waals surface area contributed by atoms with Crippen LogP contribution < -0.4 is 10.6 Å². The number of carbonyl (C=O) groups excluding carboxylic acids is 2. The fourth-order valence-corrected chi connectivity index (χ4v) is 4.25. The van der Waals surface area contributed by atoms with E-state index in [1.54, 1.807) is 40.2 Å². The third kappa shape index (κ3) is 9.50.